The van der Waals surface area contributed by atoms with Gasteiger partial charge in [-0.25, -0.2) is 0 Å². The van der Waals surface area contributed by atoms with Gasteiger partial charge in [0.05, 0.1) is 0 Å². The molecule has 0 aromatic heterocycles. The van der Waals surface area contributed by atoms with E-state index in [1.807, 2.05) is 12.1 Å². The summed E-state index contributed by atoms with van der Waals surface area (Å²) in [5, 5.41) is 0. The van der Waals surface area contributed by atoms with Crippen molar-refractivity contribution in [3.8, 4) is 0 Å². The maximum atomic E-state index is 5.64. The Bertz CT molecular complexity index is 393. The average Bonchev–Trinajstić information content (AvgIpc) is 2.25. The first kappa shape index (κ1) is 10.7. The molecule has 0 heterocycles. The molecule has 0 saturated heterocycles. The molecular weight excluding hydrogens is 317 g/mol. The van der Waals surface area contributed by atoms with Crippen molar-refractivity contribution in [1.82, 2.24) is 0 Å². The van der Waals surface area contributed by atoms with Crippen LogP contribution in [0.3, 0.4) is 0 Å². The molecule has 0 atom stereocenters. The Labute approximate surface area is 104 Å². The molecule has 2 rings (SSSR count). The van der Waals surface area contributed by atoms with Gasteiger partial charge in [0.15, 0.2) is 0 Å². The van der Waals surface area contributed by atoms with Gasteiger partial charge in [-0.1, -0.05) is 0 Å². The van der Waals surface area contributed by atoms with Gasteiger partial charge < -0.3 is 0 Å². The first-order chi connectivity index (χ1) is 7.24. The third-order valence-corrected chi connectivity index (χ3v) is 4.59. The van der Waals surface area contributed by atoms with E-state index in [4.69, 9.17) is 5.73 Å². The van der Waals surface area contributed by atoms with Gasteiger partial charge in [-0.2, -0.15) is 0 Å². The van der Waals surface area contributed by atoms with E-state index < -0.39 is 0 Å². The average molecular weight is 327 g/mol. The van der Waals surface area contributed by atoms with E-state index in [2.05, 4.69) is 52.3 Å². The third kappa shape index (κ3) is 3.10. The van der Waals surface area contributed by atoms with Crippen molar-refractivity contribution in [1.29, 1.82) is 0 Å². The van der Waals surface area contributed by atoms with Crippen LogP contribution in [0.1, 0.15) is 0 Å². The zero-order valence-electron chi connectivity index (χ0n) is 7.98. The molecule has 2 aromatic carbocycles. The molecule has 2 N–H and O–H groups in total. The van der Waals surface area contributed by atoms with Crippen LogP contribution in [0.2, 0.25) is 0 Å². The van der Waals surface area contributed by atoms with Crippen LogP contribution in [0.15, 0.2) is 53.0 Å². The summed E-state index contributed by atoms with van der Waals surface area (Å²) < 4.78 is 3.84. The van der Waals surface area contributed by atoms with Gasteiger partial charge in [-0.15, -0.1) is 0 Å². The number of hydrogen-bond donors (Lipinski definition) is 1. The van der Waals surface area contributed by atoms with Gasteiger partial charge in [-0.3, -0.25) is 0 Å². The van der Waals surface area contributed by atoms with Crippen LogP contribution in [0.4, 0.5) is 5.69 Å². The van der Waals surface area contributed by atoms with E-state index in [9.17, 15) is 0 Å². The van der Waals surface area contributed by atoms with Crippen molar-refractivity contribution < 1.29 is 0 Å². The Morgan fingerprint density at radius 2 is 1.27 bits per heavy atom. The molecule has 0 radical (unpaired) electrons. The van der Waals surface area contributed by atoms with Crippen LogP contribution in [0, 0.1) is 0 Å². The molecule has 0 aliphatic heterocycles. The Hall–Kier alpha value is -0.761. The molecule has 0 fully saturated rings. The van der Waals surface area contributed by atoms with Crippen molar-refractivity contribution in [3.63, 3.8) is 0 Å². The summed E-state index contributed by atoms with van der Waals surface area (Å²) in [7, 11) is 0. The number of nitrogen functional groups attached to an aromatic ring is 1. The van der Waals surface area contributed by atoms with Gasteiger partial charge >= 0.3 is 104 Å². The van der Waals surface area contributed by atoms with Crippen LogP contribution in [-0.4, -0.2) is 15.0 Å². The predicted octanol–water partition coefficient (Wildman–Crippen LogP) is 1.69. The minimum atomic E-state index is 0.369. The van der Waals surface area contributed by atoms with Crippen molar-refractivity contribution >= 4 is 45.5 Å². The summed E-state index contributed by atoms with van der Waals surface area (Å²) in [5.74, 6) is 0. The normalized spacial score (nSPS) is 10.2. The number of halogens is 1. The summed E-state index contributed by atoms with van der Waals surface area (Å²) in [6.07, 6.45) is 0. The molecule has 2 aromatic rings. The van der Waals surface area contributed by atoms with Crippen LogP contribution in [0.25, 0.3) is 0 Å². The molecular formula is C12H10BrNSe. The van der Waals surface area contributed by atoms with Crippen molar-refractivity contribution in [2.75, 3.05) is 5.73 Å². The fourth-order valence-electron chi connectivity index (χ4n) is 1.17. The van der Waals surface area contributed by atoms with Crippen LogP contribution >= 0.6 is 15.9 Å². The number of benzene rings is 2. The van der Waals surface area contributed by atoms with Crippen LogP contribution < -0.4 is 14.7 Å². The number of hydrogen-bond acceptors (Lipinski definition) is 1. The SMILES string of the molecule is Nc1ccc([Se]c2ccc(Br)cc2)cc1. The molecule has 0 aliphatic carbocycles. The molecule has 0 unspecified atom stereocenters. The van der Waals surface area contributed by atoms with Gasteiger partial charge in [0.2, 0.25) is 0 Å². The molecule has 76 valence electrons. The van der Waals surface area contributed by atoms with E-state index in [1.54, 1.807) is 0 Å². The Kier molecular flexibility index (Phi) is 3.47. The number of nitrogens with two attached hydrogens (primary N) is 1. The van der Waals surface area contributed by atoms with Crippen molar-refractivity contribution in [3.05, 3.63) is 53.0 Å². The Morgan fingerprint density at radius 3 is 1.80 bits per heavy atom. The molecule has 0 bridgehead atoms. The fourth-order valence-corrected chi connectivity index (χ4v) is 3.15. The second kappa shape index (κ2) is 4.84. The van der Waals surface area contributed by atoms with Gasteiger partial charge in [0.1, 0.15) is 0 Å². The predicted molar refractivity (Wildman–Crippen MR) is 70.0 cm³/mol. The van der Waals surface area contributed by atoms with E-state index >= 15 is 0 Å². The topological polar surface area (TPSA) is 26.0 Å². The monoisotopic (exact) mass is 327 g/mol. The van der Waals surface area contributed by atoms with Crippen LogP contribution in [-0.2, 0) is 0 Å². The second-order valence-corrected chi connectivity index (χ2v) is 6.45. The number of anilines is 1. The van der Waals surface area contributed by atoms with E-state index in [-0.39, 0.29) is 0 Å². The summed E-state index contributed by atoms with van der Waals surface area (Å²) in [6, 6.07) is 16.6. The third-order valence-electron chi connectivity index (χ3n) is 1.93. The van der Waals surface area contributed by atoms with E-state index in [1.165, 1.54) is 8.92 Å². The summed E-state index contributed by atoms with van der Waals surface area (Å²) >= 11 is 3.80. The first-order valence-electron chi connectivity index (χ1n) is 4.53. The minimum absolute atomic E-state index is 0.369. The van der Waals surface area contributed by atoms with Crippen molar-refractivity contribution in [2.45, 2.75) is 0 Å². The van der Waals surface area contributed by atoms with Crippen molar-refractivity contribution in [2.24, 2.45) is 0 Å². The van der Waals surface area contributed by atoms with E-state index in [0.29, 0.717) is 15.0 Å². The summed E-state index contributed by atoms with van der Waals surface area (Å²) in [6.45, 7) is 0. The van der Waals surface area contributed by atoms with E-state index in [0.717, 1.165) is 10.2 Å². The summed E-state index contributed by atoms with van der Waals surface area (Å²) in [4.78, 5) is 0. The fraction of sp³-hybridized carbons (Fsp3) is 0. The standard InChI is InChI=1S/C12H10BrNSe/c13-9-1-5-11(6-2-9)15-12-7-3-10(14)4-8-12/h1-8H,14H2. The maximum absolute atomic E-state index is 5.64. The molecule has 15 heavy (non-hydrogen) atoms. The van der Waals surface area contributed by atoms with Gasteiger partial charge in [-0.05, 0) is 0 Å². The Balaban J connectivity index is 2.15. The number of rotatable bonds is 2. The molecule has 1 nitrogen and oxygen atoms in total. The second-order valence-electron chi connectivity index (χ2n) is 3.13. The van der Waals surface area contributed by atoms with Gasteiger partial charge in [0, 0.05) is 0 Å². The molecule has 0 aliphatic rings. The van der Waals surface area contributed by atoms with Gasteiger partial charge in [0.25, 0.3) is 0 Å². The zero-order valence-corrected chi connectivity index (χ0v) is 11.3. The first-order valence-corrected chi connectivity index (χ1v) is 7.03. The summed E-state index contributed by atoms with van der Waals surface area (Å²) in [5.41, 5.74) is 6.47. The molecule has 0 spiro atoms. The molecule has 0 saturated carbocycles. The zero-order chi connectivity index (χ0) is 10.7. The Morgan fingerprint density at radius 1 is 0.800 bits per heavy atom. The molecule has 0 amide bonds. The quantitative estimate of drug-likeness (QED) is 0.659. The molecule has 3 heteroatoms. The van der Waals surface area contributed by atoms with Crippen LogP contribution in [0.5, 0.6) is 0 Å².